The molecule has 1 heterocycles. The van der Waals surface area contributed by atoms with Crippen molar-refractivity contribution in [2.75, 3.05) is 6.35 Å². The molecule has 0 spiro atoms. The number of carbonyl (C=O) groups is 1. The zero-order chi connectivity index (χ0) is 31.2. The molecule has 0 bridgehead atoms. The first-order chi connectivity index (χ1) is 19.7. The minimum absolute atomic E-state index is 0.0260. The molecular formula is C31H41FNO8P. The number of aliphatic carboxylic acids is 1. The summed E-state index contributed by atoms with van der Waals surface area (Å²) in [6, 6.07) is 11.5. The molecule has 1 aromatic heterocycles. The van der Waals surface area contributed by atoms with Gasteiger partial charge in [0.05, 0.1) is 30.8 Å². The van der Waals surface area contributed by atoms with Crippen molar-refractivity contribution in [2.45, 2.75) is 84.8 Å². The Hall–Kier alpha value is -3.01. The second kappa shape index (κ2) is 14.4. The van der Waals surface area contributed by atoms with Gasteiger partial charge in [0, 0.05) is 34.6 Å². The monoisotopic (exact) mass is 605 g/mol. The number of hydrogen-bond acceptors (Lipinski definition) is 7. The van der Waals surface area contributed by atoms with Gasteiger partial charge in [0.1, 0.15) is 11.6 Å². The van der Waals surface area contributed by atoms with E-state index in [1.807, 2.05) is 26.0 Å². The average Bonchev–Trinajstić information content (AvgIpc) is 3.19. The molecule has 0 aliphatic rings. The predicted molar refractivity (Wildman–Crippen MR) is 161 cm³/mol. The van der Waals surface area contributed by atoms with E-state index in [1.165, 1.54) is 18.2 Å². The van der Waals surface area contributed by atoms with Gasteiger partial charge in [-0.05, 0) is 83.5 Å². The zero-order valence-electron chi connectivity index (χ0n) is 24.9. The first-order valence-corrected chi connectivity index (χ1v) is 15.7. The molecule has 3 aromatic rings. The Morgan fingerprint density at radius 3 is 2.17 bits per heavy atom. The quantitative estimate of drug-likeness (QED) is 0.158. The van der Waals surface area contributed by atoms with Crippen LogP contribution in [0.4, 0.5) is 4.39 Å². The van der Waals surface area contributed by atoms with E-state index in [0.29, 0.717) is 11.4 Å². The maximum Gasteiger partial charge on any atom is 0.368 e. The second-order valence-corrected chi connectivity index (χ2v) is 12.9. The van der Waals surface area contributed by atoms with Crippen LogP contribution in [0, 0.1) is 5.82 Å². The Morgan fingerprint density at radius 2 is 1.62 bits per heavy atom. The number of carboxylic acids is 1. The lowest BCUT2D eigenvalue weighted by Gasteiger charge is -2.22. The molecule has 3 rings (SSSR count). The highest BCUT2D eigenvalue weighted by Crippen LogP contribution is 2.50. The number of halogens is 1. The van der Waals surface area contributed by atoms with Gasteiger partial charge in [-0.15, -0.1) is 0 Å². The lowest BCUT2D eigenvalue weighted by molar-refractivity contribution is -0.139. The van der Waals surface area contributed by atoms with Gasteiger partial charge in [-0.3, -0.25) is 9.36 Å². The van der Waals surface area contributed by atoms with Crippen LogP contribution >= 0.6 is 7.60 Å². The molecule has 2 aromatic carbocycles. The second-order valence-electron chi connectivity index (χ2n) is 11.0. The summed E-state index contributed by atoms with van der Waals surface area (Å²) in [4.78, 5) is 10.9. The average molecular weight is 606 g/mol. The van der Waals surface area contributed by atoms with E-state index in [0.717, 1.165) is 22.0 Å². The maximum absolute atomic E-state index is 13.9. The van der Waals surface area contributed by atoms with Crippen LogP contribution in [0.1, 0.15) is 66.1 Å². The van der Waals surface area contributed by atoms with Gasteiger partial charge >= 0.3 is 13.6 Å². The third-order valence-corrected chi connectivity index (χ3v) is 8.13. The minimum Gasteiger partial charge on any atom is -0.481 e. The molecule has 0 amide bonds. The van der Waals surface area contributed by atoms with Crippen LogP contribution < -0.4 is 4.74 Å². The maximum atomic E-state index is 13.9. The molecule has 0 unspecified atom stereocenters. The van der Waals surface area contributed by atoms with Crippen LogP contribution in [0.5, 0.6) is 5.75 Å². The fourth-order valence-electron chi connectivity index (χ4n) is 4.77. The number of aliphatic hydroxyl groups excluding tert-OH is 2. The summed E-state index contributed by atoms with van der Waals surface area (Å²) < 4.78 is 46.4. The molecule has 230 valence electrons. The smallest absolute Gasteiger partial charge is 0.368 e. The van der Waals surface area contributed by atoms with E-state index in [4.69, 9.17) is 18.9 Å². The molecule has 0 saturated heterocycles. The highest BCUT2D eigenvalue weighted by Gasteiger charge is 2.29. The van der Waals surface area contributed by atoms with E-state index in [9.17, 15) is 24.0 Å². The van der Waals surface area contributed by atoms with Gasteiger partial charge in [-0.1, -0.05) is 18.2 Å². The third-order valence-electron chi connectivity index (χ3n) is 6.19. The Bertz CT molecular complexity index is 1420. The minimum atomic E-state index is -3.56. The highest BCUT2D eigenvalue weighted by atomic mass is 31.2. The normalized spacial score (nSPS) is 14.0. The topological polar surface area (TPSA) is 127 Å². The van der Waals surface area contributed by atoms with Crippen LogP contribution in [0.25, 0.3) is 28.1 Å². The van der Waals surface area contributed by atoms with Crippen molar-refractivity contribution in [3.63, 3.8) is 0 Å². The van der Waals surface area contributed by atoms with E-state index in [2.05, 4.69) is 4.57 Å². The van der Waals surface area contributed by atoms with Crippen molar-refractivity contribution < 1.29 is 42.9 Å². The van der Waals surface area contributed by atoms with Gasteiger partial charge in [-0.25, -0.2) is 4.39 Å². The first-order valence-electron chi connectivity index (χ1n) is 14.0. The van der Waals surface area contributed by atoms with E-state index >= 15 is 0 Å². The molecule has 3 N–H and O–H groups in total. The molecule has 11 heteroatoms. The standard InChI is InChI=1S/C31H41FNO8P/c1-19(2)33-28-14-12-26(39-18-42(38,40-20(3)4)41-21(5)6)17-27(28)31(22-7-9-23(32)10-8-22)29(33)13-11-24(34)15-25(35)16-30(36)37/h7-14,17,19-21,24-25,34-35H,15-16,18H2,1-6H3,(H,36,37)/b13-11+/t24-,25-/m1/s1. The van der Waals surface area contributed by atoms with Crippen LogP contribution in [0.15, 0.2) is 48.5 Å². The van der Waals surface area contributed by atoms with Crippen molar-refractivity contribution in [3.8, 4) is 16.9 Å². The summed E-state index contributed by atoms with van der Waals surface area (Å²) in [5.41, 5.74) is 3.03. The molecule has 0 fully saturated rings. The van der Waals surface area contributed by atoms with Crippen molar-refractivity contribution >= 4 is 30.5 Å². The molecule has 0 aliphatic heterocycles. The number of nitrogens with zero attached hydrogens (tertiary/aromatic N) is 1. The fraction of sp³-hybridized carbons (Fsp3) is 0.452. The van der Waals surface area contributed by atoms with Crippen molar-refractivity contribution in [1.29, 1.82) is 0 Å². The Morgan fingerprint density at radius 1 is 1.00 bits per heavy atom. The largest absolute Gasteiger partial charge is 0.481 e. The SMILES string of the molecule is CC(C)OP(=O)(COc1ccc2c(c1)c(-c1ccc(F)cc1)c(/C=C/[C@@H](O)C[C@@H](O)CC(=O)O)n2C(C)C)OC(C)C. The van der Waals surface area contributed by atoms with Crippen molar-refractivity contribution in [3.05, 3.63) is 60.1 Å². The number of aliphatic hydroxyl groups is 2. The van der Waals surface area contributed by atoms with Crippen LogP contribution in [-0.4, -0.2) is 56.6 Å². The molecule has 2 atom stereocenters. The van der Waals surface area contributed by atoms with E-state index in [-0.39, 0.29) is 36.8 Å². The fourth-order valence-corrected chi connectivity index (χ4v) is 6.53. The first kappa shape index (κ1) is 33.5. The number of aromatic nitrogens is 1. The predicted octanol–water partition coefficient (Wildman–Crippen LogP) is 7.01. The van der Waals surface area contributed by atoms with Gasteiger partial charge in [0.2, 0.25) is 0 Å². The van der Waals surface area contributed by atoms with Crippen LogP contribution in [0.2, 0.25) is 0 Å². The number of rotatable bonds is 15. The van der Waals surface area contributed by atoms with Gasteiger partial charge in [-0.2, -0.15) is 0 Å². The number of hydrogen-bond donors (Lipinski definition) is 3. The summed E-state index contributed by atoms with van der Waals surface area (Å²) in [5, 5.41) is 30.2. The zero-order valence-corrected chi connectivity index (χ0v) is 25.8. The lowest BCUT2D eigenvalue weighted by atomic mass is 10.0. The van der Waals surface area contributed by atoms with Crippen LogP contribution in [-0.2, 0) is 18.4 Å². The number of benzene rings is 2. The summed E-state index contributed by atoms with van der Waals surface area (Å²) in [6.07, 6.45) is -0.656. The summed E-state index contributed by atoms with van der Waals surface area (Å²) in [6.45, 7) is 11.1. The van der Waals surface area contributed by atoms with Gasteiger partial charge in [0.15, 0.2) is 6.35 Å². The van der Waals surface area contributed by atoms with E-state index < -0.39 is 32.2 Å². The third kappa shape index (κ3) is 8.99. The van der Waals surface area contributed by atoms with Crippen LogP contribution in [0.3, 0.4) is 0 Å². The Labute approximate surface area is 246 Å². The lowest BCUT2D eigenvalue weighted by Crippen LogP contribution is -2.19. The summed E-state index contributed by atoms with van der Waals surface area (Å²) in [7, 11) is -3.56. The molecule has 0 radical (unpaired) electrons. The molecule has 42 heavy (non-hydrogen) atoms. The summed E-state index contributed by atoms with van der Waals surface area (Å²) >= 11 is 0. The molecule has 9 nitrogen and oxygen atoms in total. The number of fused-ring (bicyclic) bond motifs is 1. The van der Waals surface area contributed by atoms with Gasteiger partial charge < -0.3 is 33.7 Å². The molecule has 0 saturated carbocycles. The summed E-state index contributed by atoms with van der Waals surface area (Å²) in [5.74, 6) is -1.11. The number of carboxylic acid groups (broad SMARTS) is 1. The van der Waals surface area contributed by atoms with Crippen molar-refractivity contribution in [2.24, 2.45) is 0 Å². The highest BCUT2D eigenvalue weighted by molar-refractivity contribution is 7.53. The number of ether oxygens (including phenoxy) is 1. The molecular weight excluding hydrogens is 564 g/mol. The molecule has 0 aliphatic carbocycles. The van der Waals surface area contributed by atoms with Gasteiger partial charge in [0.25, 0.3) is 0 Å². The van der Waals surface area contributed by atoms with Crippen molar-refractivity contribution in [1.82, 2.24) is 4.57 Å². The van der Waals surface area contributed by atoms with E-state index in [1.54, 1.807) is 52.0 Å². The Kier molecular flexibility index (Phi) is 11.5. The Balaban J connectivity index is 2.10.